The lowest BCUT2D eigenvalue weighted by Crippen LogP contribution is -2.22. The molecule has 1 heterocycles. The minimum absolute atomic E-state index is 0.568. The van der Waals surface area contributed by atoms with Crippen molar-refractivity contribution in [1.29, 1.82) is 0 Å². The van der Waals surface area contributed by atoms with E-state index in [1.54, 1.807) is 6.08 Å². The number of nitrogens with zero attached hydrogens (tertiary/aromatic N) is 2. The van der Waals surface area contributed by atoms with Crippen molar-refractivity contribution < 1.29 is 4.84 Å². The van der Waals surface area contributed by atoms with Crippen LogP contribution in [-0.4, -0.2) is 38.2 Å². The normalized spacial score (nSPS) is 20.7. The van der Waals surface area contributed by atoms with Gasteiger partial charge in [0.1, 0.15) is 6.26 Å². The first-order valence-electron chi connectivity index (χ1n) is 7.45. The third-order valence-corrected chi connectivity index (χ3v) is 3.36. The average molecular weight is 293 g/mol. The molecular formula is C15H27N5O. The van der Waals surface area contributed by atoms with Crippen LogP contribution in [0.25, 0.3) is 0 Å². The van der Waals surface area contributed by atoms with E-state index in [9.17, 15) is 0 Å². The summed E-state index contributed by atoms with van der Waals surface area (Å²) in [6, 6.07) is 0.579. The highest BCUT2D eigenvalue weighted by Gasteiger charge is 2.13. The summed E-state index contributed by atoms with van der Waals surface area (Å²) in [5.74, 6) is 0.596. The number of allylic oxidation sites excluding steroid dienone is 1. The van der Waals surface area contributed by atoms with Crippen LogP contribution in [-0.2, 0) is 4.84 Å². The molecule has 1 fully saturated rings. The highest BCUT2D eigenvalue weighted by atomic mass is 16.6. The molecule has 0 aromatic rings. The molecule has 21 heavy (non-hydrogen) atoms. The number of aliphatic imine (C=N–C) groups is 2. The summed E-state index contributed by atoms with van der Waals surface area (Å²) in [6.07, 6.45) is 6.69. The molecule has 1 rings (SSSR count). The number of hydrogen-bond donors (Lipinski definition) is 3. The van der Waals surface area contributed by atoms with E-state index >= 15 is 0 Å². The van der Waals surface area contributed by atoms with Gasteiger partial charge in [0.15, 0.2) is 5.84 Å². The van der Waals surface area contributed by atoms with Crippen LogP contribution < -0.4 is 16.5 Å². The molecule has 4 N–H and O–H groups in total. The van der Waals surface area contributed by atoms with E-state index in [4.69, 9.17) is 10.6 Å². The van der Waals surface area contributed by atoms with Gasteiger partial charge in [-0.05, 0) is 52.4 Å². The summed E-state index contributed by atoms with van der Waals surface area (Å²) in [4.78, 5) is 13.5. The van der Waals surface area contributed by atoms with Gasteiger partial charge in [0.05, 0.1) is 0 Å². The Kier molecular flexibility index (Phi) is 8.38. The molecule has 0 saturated carbocycles. The van der Waals surface area contributed by atoms with Crippen LogP contribution in [0.5, 0.6) is 0 Å². The molecular weight excluding hydrogens is 266 g/mol. The van der Waals surface area contributed by atoms with E-state index in [1.807, 2.05) is 13.8 Å². The van der Waals surface area contributed by atoms with Gasteiger partial charge in [-0.15, -0.1) is 0 Å². The van der Waals surface area contributed by atoms with Crippen molar-refractivity contribution in [2.45, 2.75) is 39.2 Å². The molecule has 6 heteroatoms. The summed E-state index contributed by atoms with van der Waals surface area (Å²) in [5.41, 5.74) is 10.1. The predicted octanol–water partition coefficient (Wildman–Crippen LogP) is 1.52. The van der Waals surface area contributed by atoms with Crippen molar-refractivity contribution in [1.82, 2.24) is 10.8 Å². The van der Waals surface area contributed by atoms with Gasteiger partial charge in [-0.1, -0.05) is 0 Å². The Morgan fingerprint density at radius 3 is 3.00 bits per heavy atom. The first-order valence-corrected chi connectivity index (χ1v) is 7.45. The van der Waals surface area contributed by atoms with Gasteiger partial charge in [-0.2, -0.15) is 5.48 Å². The summed E-state index contributed by atoms with van der Waals surface area (Å²) in [7, 11) is 0. The maximum atomic E-state index is 5.97. The van der Waals surface area contributed by atoms with Crippen LogP contribution in [0.1, 0.15) is 33.1 Å². The third kappa shape index (κ3) is 6.55. The maximum Gasteiger partial charge on any atom is 0.151 e. The molecule has 118 valence electrons. The second-order valence-corrected chi connectivity index (χ2v) is 4.94. The molecule has 1 atom stereocenters. The van der Waals surface area contributed by atoms with Gasteiger partial charge >= 0.3 is 0 Å². The van der Waals surface area contributed by atoms with Crippen LogP contribution in [0.15, 0.2) is 33.6 Å². The van der Waals surface area contributed by atoms with Crippen molar-refractivity contribution >= 4 is 12.6 Å². The fourth-order valence-electron chi connectivity index (χ4n) is 2.11. The number of nitrogens with one attached hydrogen (secondary N) is 2. The van der Waals surface area contributed by atoms with Gasteiger partial charge in [-0.3, -0.25) is 4.99 Å². The van der Waals surface area contributed by atoms with Gasteiger partial charge in [0, 0.05) is 30.4 Å². The summed E-state index contributed by atoms with van der Waals surface area (Å²) >= 11 is 0. The molecule has 1 aliphatic heterocycles. The lowest BCUT2D eigenvalue weighted by Gasteiger charge is -2.08. The molecule has 6 nitrogen and oxygen atoms in total. The van der Waals surface area contributed by atoms with Crippen LogP contribution in [0.3, 0.4) is 0 Å². The van der Waals surface area contributed by atoms with Gasteiger partial charge < -0.3 is 15.9 Å². The topological polar surface area (TPSA) is 84.0 Å². The standard InChI is InChI=1S/C15H27N5O/c1-4-20-21-11-8-14(16)12(2)15(17-3)19-10-7-13-6-5-9-18-13/h8,11,13,18,20H,3-7,9-10,16H2,1-2H3/b11-8+,14-12?,19-15?/t13-/m1/s1. The zero-order valence-electron chi connectivity index (χ0n) is 13.1. The largest absolute Gasteiger partial charge is 0.416 e. The molecule has 0 radical (unpaired) electrons. The zero-order chi connectivity index (χ0) is 15.5. The quantitative estimate of drug-likeness (QED) is 0.158. The van der Waals surface area contributed by atoms with E-state index in [0.29, 0.717) is 17.6 Å². The molecule has 0 aromatic carbocycles. The molecule has 1 aliphatic rings. The SMILES string of the molecule is C=NC(=NCC[C@H]1CCCN1)C(C)=C(N)/C=C/ONCC. The summed E-state index contributed by atoms with van der Waals surface area (Å²) < 4.78 is 0. The molecule has 0 aliphatic carbocycles. The lowest BCUT2D eigenvalue weighted by molar-refractivity contribution is 0.140. The minimum atomic E-state index is 0.568. The van der Waals surface area contributed by atoms with Gasteiger partial charge in [0.25, 0.3) is 0 Å². The molecule has 0 bridgehead atoms. The van der Waals surface area contributed by atoms with E-state index in [0.717, 1.165) is 31.6 Å². The van der Waals surface area contributed by atoms with E-state index in [1.165, 1.54) is 19.1 Å². The number of nitrogens with two attached hydrogens (primary N) is 1. The fraction of sp³-hybridized carbons (Fsp3) is 0.600. The van der Waals surface area contributed by atoms with E-state index < -0.39 is 0 Å². The van der Waals surface area contributed by atoms with Crippen molar-refractivity contribution in [2.24, 2.45) is 15.7 Å². The second kappa shape index (κ2) is 10.1. The van der Waals surface area contributed by atoms with Gasteiger partial charge in [-0.25, -0.2) is 4.99 Å². The maximum absolute atomic E-state index is 5.97. The first-order chi connectivity index (χ1) is 10.2. The highest BCUT2D eigenvalue weighted by molar-refractivity contribution is 6.01. The van der Waals surface area contributed by atoms with Crippen LogP contribution in [0, 0.1) is 0 Å². The lowest BCUT2D eigenvalue weighted by atomic mass is 10.1. The first kappa shape index (κ1) is 17.4. The Labute approximate surface area is 127 Å². The Morgan fingerprint density at radius 1 is 1.57 bits per heavy atom. The summed E-state index contributed by atoms with van der Waals surface area (Å²) in [5, 5.41) is 3.45. The Balaban J connectivity index is 2.54. The number of rotatable bonds is 8. The number of amidine groups is 1. The van der Waals surface area contributed by atoms with Gasteiger partial charge in [0.2, 0.25) is 0 Å². The fourth-order valence-corrected chi connectivity index (χ4v) is 2.11. The smallest absolute Gasteiger partial charge is 0.151 e. The van der Waals surface area contributed by atoms with Crippen molar-refractivity contribution in [2.75, 3.05) is 19.6 Å². The van der Waals surface area contributed by atoms with E-state index in [2.05, 4.69) is 27.5 Å². The summed E-state index contributed by atoms with van der Waals surface area (Å²) in [6.45, 7) is 9.97. The third-order valence-electron chi connectivity index (χ3n) is 3.36. The van der Waals surface area contributed by atoms with Crippen molar-refractivity contribution in [3.8, 4) is 0 Å². The second-order valence-electron chi connectivity index (χ2n) is 4.94. The number of hydroxylamine groups is 1. The Morgan fingerprint density at radius 2 is 2.38 bits per heavy atom. The molecule has 0 spiro atoms. The van der Waals surface area contributed by atoms with Crippen LogP contribution >= 0.6 is 0 Å². The number of hydrogen-bond acceptors (Lipinski definition) is 5. The highest BCUT2D eigenvalue weighted by Crippen LogP contribution is 2.10. The predicted molar refractivity (Wildman–Crippen MR) is 88.3 cm³/mol. The van der Waals surface area contributed by atoms with Crippen LogP contribution in [0.2, 0.25) is 0 Å². The molecule has 0 aromatic heterocycles. The van der Waals surface area contributed by atoms with Crippen molar-refractivity contribution in [3.63, 3.8) is 0 Å². The average Bonchev–Trinajstić information content (AvgIpc) is 3.00. The van der Waals surface area contributed by atoms with Crippen LogP contribution in [0.4, 0.5) is 0 Å². The monoisotopic (exact) mass is 293 g/mol. The Bertz CT molecular complexity index is 408. The zero-order valence-corrected chi connectivity index (χ0v) is 13.1. The molecule has 1 saturated heterocycles. The van der Waals surface area contributed by atoms with Crippen molar-refractivity contribution in [3.05, 3.63) is 23.6 Å². The Hall–Kier alpha value is -1.66. The minimum Gasteiger partial charge on any atom is -0.416 e. The molecule has 0 amide bonds. The molecule has 0 unspecified atom stereocenters. The van der Waals surface area contributed by atoms with E-state index in [-0.39, 0.29) is 0 Å².